The molecular formula is C33H54O9. The Labute approximate surface area is 250 Å². The summed E-state index contributed by atoms with van der Waals surface area (Å²) in [4.78, 5) is 0. The summed E-state index contributed by atoms with van der Waals surface area (Å²) < 4.78 is 25.1. The zero-order valence-electron chi connectivity index (χ0n) is 26.0. The average molecular weight is 595 g/mol. The summed E-state index contributed by atoms with van der Waals surface area (Å²) in [5, 5.41) is 54.3. The van der Waals surface area contributed by atoms with Gasteiger partial charge < -0.3 is 44.5 Å². The van der Waals surface area contributed by atoms with Gasteiger partial charge in [-0.3, -0.25) is 0 Å². The van der Waals surface area contributed by atoms with E-state index in [0.29, 0.717) is 36.5 Å². The van der Waals surface area contributed by atoms with Gasteiger partial charge in [-0.05, 0) is 92.3 Å². The molecule has 0 aromatic carbocycles. The van der Waals surface area contributed by atoms with Crippen molar-refractivity contribution in [1.82, 2.24) is 0 Å². The van der Waals surface area contributed by atoms with E-state index < -0.39 is 54.8 Å². The van der Waals surface area contributed by atoms with Crippen LogP contribution in [0.15, 0.2) is 0 Å². The van der Waals surface area contributed by atoms with Crippen molar-refractivity contribution in [2.45, 2.75) is 147 Å². The maximum atomic E-state index is 12.0. The molecule has 3 heterocycles. The van der Waals surface area contributed by atoms with Gasteiger partial charge in [-0.15, -0.1) is 0 Å². The maximum Gasteiger partial charge on any atom is 0.186 e. The second-order valence-electron chi connectivity index (χ2n) is 16.1. The van der Waals surface area contributed by atoms with E-state index in [1.54, 1.807) is 6.92 Å². The molecule has 3 saturated heterocycles. The van der Waals surface area contributed by atoms with Crippen LogP contribution in [0.4, 0.5) is 0 Å². The molecule has 4 aliphatic carbocycles. The van der Waals surface area contributed by atoms with Gasteiger partial charge in [0.25, 0.3) is 0 Å². The van der Waals surface area contributed by atoms with Crippen LogP contribution in [0.5, 0.6) is 0 Å². The van der Waals surface area contributed by atoms with E-state index in [4.69, 9.17) is 18.9 Å². The highest BCUT2D eigenvalue weighted by molar-refractivity contribution is 5.18. The average Bonchev–Trinajstić information content (AvgIpc) is 3.36. The highest BCUT2D eigenvalue weighted by Crippen LogP contribution is 2.71. The highest BCUT2D eigenvalue weighted by Gasteiger charge is 2.72. The lowest BCUT2D eigenvalue weighted by Gasteiger charge is -2.62. The second-order valence-corrected chi connectivity index (χ2v) is 16.1. The van der Waals surface area contributed by atoms with Crippen molar-refractivity contribution < 1.29 is 44.5 Å². The van der Waals surface area contributed by atoms with Crippen LogP contribution in [-0.4, -0.2) is 93.0 Å². The van der Waals surface area contributed by atoms with Crippen LogP contribution in [0.25, 0.3) is 0 Å². The van der Waals surface area contributed by atoms with Gasteiger partial charge in [0.15, 0.2) is 12.1 Å². The summed E-state index contributed by atoms with van der Waals surface area (Å²) in [6, 6.07) is 0. The second kappa shape index (κ2) is 10.3. The van der Waals surface area contributed by atoms with Crippen molar-refractivity contribution in [3.8, 4) is 0 Å². The SMILES string of the molecule is C[C@@H]1CC[C@@]2(OC1)O[C@H]1[C@@H](O)[C@H]3[C@@H]4CC[C@H]5C[C@@H](O[C@@H]6O[C@H](C)[C@H](O)[C@H](O)[C@H]6O)[C@H](O)C[C@]5(C)[C@H]4CC[C@]3(C)[C@H]1[C@@H]2C. The number of aliphatic hydroxyl groups is 5. The van der Waals surface area contributed by atoms with E-state index in [9.17, 15) is 25.5 Å². The quantitative estimate of drug-likeness (QED) is 0.306. The summed E-state index contributed by atoms with van der Waals surface area (Å²) in [6.07, 6.45) is -0.160. The van der Waals surface area contributed by atoms with Gasteiger partial charge in [-0.2, -0.15) is 0 Å². The summed E-state index contributed by atoms with van der Waals surface area (Å²) in [5.41, 5.74) is -0.0778. The number of hydrogen-bond donors (Lipinski definition) is 5. The molecule has 4 saturated carbocycles. The minimum absolute atomic E-state index is 0.000725. The number of rotatable bonds is 2. The minimum atomic E-state index is -1.38. The van der Waals surface area contributed by atoms with E-state index >= 15 is 0 Å². The molecule has 0 unspecified atom stereocenters. The molecule has 9 heteroatoms. The van der Waals surface area contributed by atoms with Gasteiger partial charge in [0.2, 0.25) is 0 Å². The third-order valence-electron chi connectivity index (χ3n) is 14.1. The van der Waals surface area contributed by atoms with Crippen molar-refractivity contribution in [3.63, 3.8) is 0 Å². The summed E-state index contributed by atoms with van der Waals surface area (Å²) in [7, 11) is 0. The van der Waals surface area contributed by atoms with Gasteiger partial charge in [0.1, 0.15) is 18.3 Å². The Morgan fingerprint density at radius 3 is 2.26 bits per heavy atom. The molecule has 7 fully saturated rings. The van der Waals surface area contributed by atoms with Crippen LogP contribution >= 0.6 is 0 Å². The molecule has 1 spiro atoms. The van der Waals surface area contributed by atoms with Crippen molar-refractivity contribution >= 4 is 0 Å². The summed E-state index contributed by atoms with van der Waals surface area (Å²) in [6.45, 7) is 11.7. The van der Waals surface area contributed by atoms with Crippen molar-refractivity contribution in [3.05, 3.63) is 0 Å². The predicted octanol–water partition coefficient (Wildman–Crippen LogP) is 2.59. The molecule has 7 aliphatic rings. The van der Waals surface area contributed by atoms with Gasteiger partial charge in [-0.25, -0.2) is 0 Å². The lowest BCUT2D eigenvalue weighted by atomic mass is 9.44. The Hall–Kier alpha value is -0.360. The first-order valence-corrected chi connectivity index (χ1v) is 16.8. The standard InChI is InChI=1S/C33H54O9/c1-15-8-11-33(39-14-15)16(2)23-29(42-33)26(36)24-19-7-6-18-12-22(41-30-28(38)27(37)25(35)17(3)40-30)21(34)13-32(18,5)20(19)9-10-31(23,24)4/h15-30,34-38H,6-14H2,1-5H3/t15-,16+,17-,18+,19-,20+,21-,22-,23+,24-,25+,26+,27+,28-,29-,30+,31-,32+,33-/m1/s1. The van der Waals surface area contributed by atoms with E-state index in [-0.39, 0.29) is 34.7 Å². The monoisotopic (exact) mass is 594 g/mol. The molecule has 0 aromatic rings. The topological polar surface area (TPSA) is 138 Å². The molecule has 9 nitrogen and oxygen atoms in total. The Morgan fingerprint density at radius 2 is 1.55 bits per heavy atom. The summed E-state index contributed by atoms with van der Waals surface area (Å²) in [5.74, 6) is 1.84. The first-order valence-electron chi connectivity index (χ1n) is 16.8. The Morgan fingerprint density at radius 1 is 0.786 bits per heavy atom. The predicted molar refractivity (Wildman–Crippen MR) is 152 cm³/mol. The van der Waals surface area contributed by atoms with Gasteiger partial charge in [0.05, 0.1) is 37.1 Å². The highest BCUT2D eigenvalue weighted by atomic mass is 16.7. The van der Waals surface area contributed by atoms with Crippen molar-refractivity contribution in [1.29, 1.82) is 0 Å². The third kappa shape index (κ3) is 4.20. The molecule has 0 bridgehead atoms. The van der Waals surface area contributed by atoms with Crippen LogP contribution in [0.1, 0.15) is 86.0 Å². The van der Waals surface area contributed by atoms with Crippen LogP contribution in [0.3, 0.4) is 0 Å². The fourth-order valence-corrected chi connectivity index (χ4v) is 11.8. The molecule has 0 amide bonds. The third-order valence-corrected chi connectivity index (χ3v) is 14.1. The van der Waals surface area contributed by atoms with E-state index in [2.05, 4.69) is 27.7 Å². The summed E-state index contributed by atoms with van der Waals surface area (Å²) >= 11 is 0. The molecule has 0 radical (unpaired) electrons. The van der Waals surface area contributed by atoms with Crippen LogP contribution < -0.4 is 0 Å². The van der Waals surface area contributed by atoms with Crippen LogP contribution in [0.2, 0.25) is 0 Å². The number of hydrogen-bond acceptors (Lipinski definition) is 9. The fourth-order valence-electron chi connectivity index (χ4n) is 11.8. The normalized spacial score (nSPS) is 62.7. The first-order chi connectivity index (χ1) is 19.8. The smallest absolute Gasteiger partial charge is 0.186 e. The van der Waals surface area contributed by atoms with E-state index in [1.165, 1.54) is 0 Å². The van der Waals surface area contributed by atoms with Gasteiger partial charge in [-0.1, -0.05) is 27.7 Å². The van der Waals surface area contributed by atoms with Gasteiger partial charge >= 0.3 is 0 Å². The maximum absolute atomic E-state index is 12.0. The van der Waals surface area contributed by atoms with Crippen molar-refractivity contribution in [2.75, 3.05) is 6.61 Å². The first kappa shape index (κ1) is 30.3. The number of ether oxygens (including phenoxy) is 4. The number of fused-ring (bicyclic) bond motifs is 7. The minimum Gasteiger partial charge on any atom is -0.390 e. The molecule has 240 valence electrons. The fraction of sp³-hybridized carbons (Fsp3) is 1.00. The molecule has 0 aromatic heterocycles. The number of aliphatic hydroxyl groups excluding tert-OH is 5. The zero-order valence-corrected chi connectivity index (χ0v) is 26.0. The zero-order chi connectivity index (χ0) is 29.9. The molecule has 3 aliphatic heterocycles. The van der Waals surface area contributed by atoms with E-state index in [0.717, 1.165) is 45.1 Å². The Balaban J connectivity index is 1.07. The molecular weight excluding hydrogens is 540 g/mol. The van der Waals surface area contributed by atoms with Crippen LogP contribution in [0, 0.1) is 52.3 Å². The molecule has 19 atom stereocenters. The van der Waals surface area contributed by atoms with Crippen molar-refractivity contribution in [2.24, 2.45) is 52.3 Å². The lowest BCUT2D eigenvalue weighted by molar-refractivity contribution is -0.318. The lowest BCUT2D eigenvalue weighted by Crippen LogP contribution is -2.61. The molecule has 5 N–H and O–H groups in total. The molecule has 7 rings (SSSR count). The van der Waals surface area contributed by atoms with Gasteiger partial charge in [0, 0.05) is 18.3 Å². The Kier molecular flexibility index (Phi) is 7.45. The van der Waals surface area contributed by atoms with E-state index in [1.807, 2.05) is 0 Å². The molecule has 42 heavy (non-hydrogen) atoms. The largest absolute Gasteiger partial charge is 0.390 e. The van der Waals surface area contributed by atoms with Crippen LogP contribution in [-0.2, 0) is 18.9 Å². The Bertz CT molecular complexity index is 1020.